The number of benzene rings is 4. The Hall–Kier alpha value is -3.34. The van der Waals surface area contributed by atoms with Crippen LogP contribution in [0.2, 0.25) is 10.1 Å². The van der Waals surface area contributed by atoms with Crippen LogP contribution in [0, 0.1) is 0 Å². The minimum Gasteiger partial charge on any atom is -0.457 e. The van der Waals surface area contributed by atoms with Gasteiger partial charge in [-0.05, 0) is 37.2 Å². The Labute approximate surface area is 276 Å². The Morgan fingerprint density at radius 3 is 1.41 bits per heavy atom. The van der Waals surface area contributed by atoms with Gasteiger partial charge in [-0.2, -0.15) is 0 Å². The molecule has 1 heterocycles. The zero-order valence-electron chi connectivity index (χ0n) is 28.0. The summed E-state index contributed by atoms with van der Waals surface area (Å²) in [5.41, 5.74) is 0. The van der Waals surface area contributed by atoms with Crippen LogP contribution in [0.25, 0.3) is 0 Å². The lowest BCUT2D eigenvalue weighted by atomic mass is 10.1. The molecule has 1 saturated heterocycles. The molecule has 0 aromatic heterocycles. The number of carbonyl (C=O) groups is 1. The van der Waals surface area contributed by atoms with Crippen molar-refractivity contribution in [2.45, 2.75) is 82.8 Å². The van der Waals surface area contributed by atoms with E-state index in [1.54, 1.807) is 0 Å². The first-order valence-corrected chi connectivity index (χ1v) is 20.1. The monoisotopic (exact) mass is 652 g/mol. The molecular formula is C39H48O5Si2. The Kier molecular flexibility index (Phi) is 10.2. The van der Waals surface area contributed by atoms with Crippen molar-refractivity contribution in [2.24, 2.45) is 0 Å². The highest BCUT2D eigenvalue weighted by Crippen LogP contribution is 2.40. The molecule has 0 amide bonds. The molecule has 0 aliphatic carbocycles. The van der Waals surface area contributed by atoms with Crippen molar-refractivity contribution in [3.8, 4) is 0 Å². The molecule has 242 valence electrons. The van der Waals surface area contributed by atoms with Crippen molar-refractivity contribution in [3.05, 3.63) is 121 Å². The number of hydrogen-bond donors (Lipinski definition) is 1. The van der Waals surface area contributed by atoms with Gasteiger partial charge in [-0.3, -0.25) is 4.79 Å². The van der Waals surface area contributed by atoms with Gasteiger partial charge in [-0.1, -0.05) is 163 Å². The molecule has 46 heavy (non-hydrogen) atoms. The van der Waals surface area contributed by atoms with Crippen molar-refractivity contribution < 1.29 is 23.5 Å². The number of aliphatic hydroxyl groups is 1. The Morgan fingerprint density at radius 2 is 1.04 bits per heavy atom. The predicted molar refractivity (Wildman–Crippen MR) is 191 cm³/mol. The molecule has 5 nitrogen and oxygen atoms in total. The third kappa shape index (κ3) is 6.57. The summed E-state index contributed by atoms with van der Waals surface area (Å²) in [5, 5.41) is 15.9. The summed E-state index contributed by atoms with van der Waals surface area (Å²) in [4.78, 5) is 12.9. The average molecular weight is 653 g/mol. The van der Waals surface area contributed by atoms with Gasteiger partial charge in [0.1, 0.15) is 0 Å². The van der Waals surface area contributed by atoms with E-state index in [0.29, 0.717) is 13.0 Å². The molecule has 7 heteroatoms. The lowest BCUT2D eigenvalue weighted by molar-refractivity contribution is -0.146. The van der Waals surface area contributed by atoms with Gasteiger partial charge >= 0.3 is 5.97 Å². The molecule has 3 atom stereocenters. The van der Waals surface area contributed by atoms with E-state index in [-0.39, 0.29) is 22.5 Å². The van der Waals surface area contributed by atoms with Crippen LogP contribution in [0.4, 0.5) is 0 Å². The fourth-order valence-electron chi connectivity index (χ4n) is 7.17. The molecule has 4 aromatic rings. The first-order valence-electron chi connectivity index (χ1n) is 16.3. The van der Waals surface area contributed by atoms with E-state index in [9.17, 15) is 9.90 Å². The molecule has 1 aliphatic heterocycles. The smallest absolute Gasteiger partial charge is 0.308 e. The molecule has 0 radical (unpaired) electrons. The first-order chi connectivity index (χ1) is 21.9. The van der Waals surface area contributed by atoms with Crippen molar-refractivity contribution in [2.75, 3.05) is 6.61 Å². The van der Waals surface area contributed by atoms with E-state index < -0.39 is 34.9 Å². The van der Waals surface area contributed by atoms with Crippen LogP contribution < -0.4 is 20.7 Å². The van der Waals surface area contributed by atoms with Crippen LogP contribution >= 0.6 is 0 Å². The second-order valence-electron chi connectivity index (χ2n) is 14.3. The first kappa shape index (κ1) is 34.0. The van der Waals surface area contributed by atoms with Crippen LogP contribution in [-0.2, 0) is 18.4 Å². The second kappa shape index (κ2) is 13.8. The number of cyclic esters (lactones) is 1. The van der Waals surface area contributed by atoms with Gasteiger partial charge in [0.15, 0.2) is 6.10 Å². The summed E-state index contributed by atoms with van der Waals surface area (Å²) in [6.07, 6.45) is -1.93. The van der Waals surface area contributed by atoms with Crippen LogP contribution in [0.1, 0.15) is 54.4 Å². The van der Waals surface area contributed by atoms with Crippen LogP contribution in [0.3, 0.4) is 0 Å². The van der Waals surface area contributed by atoms with Gasteiger partial charge in [0, 0.05) is 6.61 Å². The maximum absolute atomic E-state index is 12.9. The molecular weight excluding hydrogens is 605 g/mol. The molecule has 5 rings (SSSR count). The fraction of sp³-hybridized carbons (Fsp3) is 0.359. The normalized spacial score (nSPS) is 18.3. The van der Waals surface area contributed by atoms with Gasteiger partial charge in [0.2, 0.25) is 0 Å². The molecule has 0 bridgehead atoms. The Balaban J connectivity index is 1.44. The highest BCUT2D eigenvalue weighted by Gasteiger charge is 2.55. The van der Waals surface area contributed by atoms with E-state index in [2.05, 4.69) is 114 Å². The summed E-state index contributed by atoms with van der Waals surface area (Å²) >= 11 is 0. The zero-order valence-corrected chi connectivity index (χ0v) is 30.0. The number of aliphatic hydroxyl groups excluding tert-OH is 1. The standard InChI is InChI=1S/C39H48O5Si2/c1-38(2,3)45(30-19-11-7-12-20-30,31-21-13-8-14-22-31)42-28-27-34(40)37-35(29-36(41)43-37)44-46(39(4,5)6,32-23-15-9-16-24-32)33-25-17-10-18-26-33/h7-26,34-35,37,40H,27-29H2,1-6H3/t34-,35+,37+/m1/s1. The third-order valence-electron chi connectivity index (χ3n) is 9.28. The second-order valence-corrected chi connectivity index (χ2v) is 22.9. The van der Waals surface area contributed by atoms with Gasteiger partial charge < -0.3 is 18.7 Å². The van der Waals surface area contributed by atoms with Gasteiger partial charge in [0.25, 0.3) is 16.6 Å². The van der Waals surface area contributed by atoms with Crippen molar-refractivity contribution in [1.29, 1.82) is 0 Å². The molecule has 4 aromatic carbocycles. The molecule has 1 N–H and O–H groups in total. The highest BCUT2D eigenvalue weighted by molar-refractivity contribution is 7.00. The highest BCUT2D eigenvalue weighted by atomic mass is 28.4. The molecule has 0 spiro atoms. The van der Waals surface area contributed by atoms with E-state index >= 15 is 0 Å². The van der Waals surface area contributed by atoms with Crippen LogP contribution in [0.5, 0.6) is 0 Å². The van der Waals surface area contributed by atoms with E-state index in [1.807, 2.05) is 48.5 Å². The summed E-state index contributed by atoms with van der Waals surface area (Å²) in [5.74, 6) is -0.347. The van der Waals surface area contributed by atoms with E-state index in [4.69, 9.17) is 13.6 Å². The minimum absolute atomic E-state index is 0.0990. The fourth-order valence-corrected chi connectivity index (χ4v) is 16.4. The largest absolute Gasteiger partial charge is 0.457 e. The molecule has 1 aliphatic rings. The zero-order chi connectivity index (χ0) is 33.0. The number of rotatable bonds is 11. The summed E-state index contributed by atoms with van der Waals surface area (Å²) in [7, 11) is -5.75. The van der Waals surface area contributed by atoms with E-state index in [1.165, 1.54) is 10.4 Å². The topological polar surface area (TPSA) is 65.0 Å². The molecule has 0 unspecified atom stereocenters. The maximum Gasteiger partial charge on any atom is 0.308 e. The average Bonchev–Trinajstić information content (AvgIpc) is 3.42. The number of hydrogen-bond acceptors (Lipinski definition) is 5. The van der Waals surface area contributed by atoms with Crippen molar-refractivity contribution in [3.63, 3.8) is 0 Å². The maximum atomic E-state index is 12.9. The quantitative estimate of drug-likeness (QED) is 0.170. The van der Waals surface area contributed by atoms with Crippen molar-refractivity contribution in [1.82, 2.24) is 0 Å². The van der Waals surface area contributed by atoms with Crippen LogP contribution in [0.15, 0.2) is 121 Å². The molecule has 0 saturated carbocycles. The van der Waals surface area contributed by atoms with Crippen molar-refractivity contribution >= 4 is 43.4 Å². The lowest BCUT2D eigenvalue weighted by Crippen LogP contribution is -2.68. The van der Waals surface area contributed by atoms with Gasteiger partial charge in [-0.15, -0.1) is 0 Å². The van der Waals surface area contributed by atoms with E-state index in [0.717, 1.165) is 10.4 Å². The summed E-state index contributed by atoms with van der Waals surface area (Å²) < 4.78 is 20.2. The minimum atomic E-state index is -2.97. The predicted octanol–water partition coefficient (Wildman–Crippen LogP) is 5.57. The summed E-state index contributed by atoms with van der Waals surface area (Å²) in [6, 6.07) is 41.7. The SMILES string of the molecule is CC(C)(C)[Si](OCC[C@@H](O)[C@@H]1OC(=O)C[C@@H]1O[Si](c1ccccc1)(c1ccccc1)C(C)(C)C)(c1ccccc1)c1ccccc1. The number of esters is 1. The summed E-state index contributed by atoms with van der Waals surface area (Å²) in [6.45, 7) is 13.7. The third-order valence-corrected chi connectivity index (χ3v) is 19.4. The van der Waals surface area contributed by atoms with Gasteiger partial charge in [-0.25, -0.2) is 0 Å². The Bertz CT molecular complexity index is 1470. The van der Waals surface area contributed by atoms with Crippen LogP contribution in [-0.4, -0.2) is 52.6 Å². The molecule has 1 fully saturated rings. The number of ether oxygens (including phenoxy) is 1. The van der Waals surface area contributed by atoms with Gasteiger partial charge in [0.05, 0.1) is 18.6 Å². The number of carbonyl (C=O) groups excluding carboxylic acids is 1. The lowest BCUT2D eigenvalue weighted by Gasteiger charge is -2.45. The Morgan fingerprint density at radius 1 is 0.674 bits per heavy atom.